The number of ether oxygens (including phenoxy) is 2. The summed E-state index contributed by atoms with van der Waals surface area (Å²) in [5.74, 6) is 1.00. The molecular formula is C17H19ClN4O2. The first-order valence-corrected chi connectivity index (χ1v) is 7.73. The zero-order chi connectivity index (χ0) is 17.4. The predicted octanol–water partition coefficient (Wildman–Crippen LogP) is 2.93. The molecule has 2 rings (SSSR count). The number of nitrogens with two attached hydrogens (primary N) is 2. The van der Waals surface area contributed by atoms with E-state index in [4.69, 9.17) is 32.5 Å². The number of halogens is 1. The molecule has 0 aliphatic carbocycles. The number of nitrogens with zero attached hydrogens (tertiary/aromatic N) is 2. The van der Waals surface area contributed by atoms with Gasteiger partial charge in [0.05, 0.1) is 17.8 Å². The maximum Gasteiger partial charge on any atom is 0.211 e. The molecule has 6 nitrogen and oxygen atoms in total. The van der Waals surface area contributed by atoms with Crippen molar-refractivity contribution in [3.8, 4) is 11.5 Å². The summed E-state index contributed by atoms with van der Waals surface area (Å²) >= 11 is 6.26. The molecule has 2 aromatic rings. The Morgan fingerprint density at radius 1 is 1.12 bits per heavy atom. The maximum absolute atomic E-state index is 6.26. The number of benzene rings is 2. The van der Waals surface area contributed by atoms with Crippen molar-refractivity contribution in [1.82, 2.24) is 0 Å². The Bertz CT molecular complexity index is 729. The van der Waals surface area contributed by atoms with Crippen LogP contribution in [0.4, 0.5) is 0 Å². The lowest BCUT2D eigenvalue weighted by Crippen LogP contribution is -2.21. The molecule has 0 heterocycles. The highest BCUT2D eigenvalue weighted by Crippen LogP contribution is 2.33. The Labute approximate surface area is 145 Å². The van der Waals surface area contributed by atoms with Crippen LogP contribution >= 0.6 is 11.6 Å². The summed E-state index contributed by atoms with van der Waals surface area (Å²) < 4.78 is 11.5. The average Bonchev–Trinajstić information content (AvgIpc) is 2.57. The van der Waals surface area contributed by atoms with Crippen LogP contribution in [0.15, 0.2) is 52.7 Å². The van der Waals surface area contributed by atoms with Crippen LogP contribution in [0.5, 0.6) is 11.5 Å². The minimum Gasteiger partial charge on any atom is -0.490 e. The van der Waals surface area contributed by atoms with Gasteiger partial charge in [-0.05, 0) is 18.6 Å². The fraction of sp³-hybridized carbons (Fsp3) is 0.176. The van der Waals surface area contributed by atoms with Gasteiger partial charge in [0.25, 0.3) is 0 Å². The van der Waals surface area contributed by atoms with Gasteiger partial charge in [0.15, 0.2) is 11.5 Å². The molecule has 0 spiro atoms. The van der Waals surface area contributed by atoms with Crippen LogP contribution in [0.1, 0.15) is 18.1 Å². The summed E-state index contributed by atoms with van der Waals surface area (Å²) in [4.78, 5) is 0. The Balaban J connectivity index is 2.22. The fourth-order valence-electron chi connectivity index (χ4n) is 1.92. The third kappa shape index (κ3) is 5.17. The van der Waals surface area contributed by atoms with Crippen molar-refractivity contribution >= 4 is 23.8 Å². The molecule has 0 radical (unpaired) electrons. The van der Waals surface area contributed by atoms with Gasteiger partial charge in [-0.3, -0.25) is 0 Å². The molecular weight excluding hydrogens is 328 g/mol. The molecule has 0 aliphatic rings. The van der Waals surface area contributed by atoms with Gasteiger partial charge in [-0.25, -0.2) is 0 Å². The van der Waals surface area contributed by atoms with Crippen LogP contribution in [0, 0.1) is 0 Å². The van der Waals surface area contributed by atoms with Gasteiger partial charge in [-0.2, -0.15) is 5.10 Å². The van der Waals surface area contributed by atoms with E-state index in [0.717, 1.165) is 5.56 Å². The number of rotatable bonds is 7. The largest absolute Gasteiger partial charge is 0.490 e. The molecule has 0 amide bonds. The fourth-order valence-corrected chi connectivity index (χ4v) is 2.13. The number of guanidine groups is 1. The molecule has 24 heavy (non-hydrogen) atoms. The number of hydrogen-bond donors (Lipinski definition) is 2. The quantitative estimate of drug-likeness (QED) is 0.457. The lowest BCUT2D eigenvalue weighted by Gasteiger charge is -2.13. The third-order valence-corrected chi connectivity index (χ3v) is 3.30. The molecule has 4 N–H and O–H groups in total. The molecule has 2 aromatic carbocycles. The van der Waals surface area contributed by atoms with E-state index in [1.54, 1.807) is 12.1 Å². The van der Waals surface area contributed by atoms with E-state index in [9.17, 15) is 0 Å². The molecule has 0 aromatic heterocycles. The zero-order valence-corrected chi connectivity index (χ0v) is 14.0. The van der Waals surface area contributed by atoms with Gasteiger partial charge in [-0.1, -0.05) is 41.9 Å². The topological polar surface area (TPSA) is 95.2 Å². The highest BCUT2D eigenvalue weighted by atomic mass is 35.5. The first-order valence-electron chi connectivity index (χ1n) is 7.35. The Morgan fingerprint density at radius 2 is 1.83 bits per heavy atom. The maximum atomic E-state index is 6.26. The molecule has 0 fully saturated rings. The van der Waals surface area contributed by atoms with Crippen molar-refractivity contribution < 1.29 is 9.47 Å². The van der Waals surface area contributed by atoms with Gasteiger partial charge in [0, 0.05) is 11.6 Å². The molecule has 0 aliphatic heterocycles. The summed E-state index contributed by atoms with van der Waals surface area (Å²) in [6.45, 7) is 2.80. The Kier molecular flexibility index (Phi) is 6.45. The van der Waals surface area contributed by atoms with Crippen LogP contribution in [-0.4, -0.2) is 18.8 Å². The van der Waals surface area contributed by atoms with Gasteiger partial charge in [-0.15, -0.1) is 5.10 Å². The number of hydrogen-bond acceptors (Lipinski definition) is 4. The molecule has 0 saturated heterocycles. The molecule has 126 valence electrons. The van der Waals surface area contributed by atoms with Crippen LogP contribution in [0.2, 0.25) is 5.02 Å². The normalized spacial score (nSPS) is 10.6. The highest BCUT2D eigenvalue weighted by Gasteiger charge is 2.10. The lowest BCUT2D eigenvalue weighted by atomic mass is 10.2. The van der Waals surface area contributed by atoms with Gasteiger partial charge >= 0.3 is 0 Å². The monoisotopic (exact) mass is 346 g/mol. The average molecular weight is 347 g/mol. The van der Waals surface area contributed by atoms with E-state index >= 15 is 0 Å². The van der Waals surface area contributed by atoms with Crippen molar-refractivity contribution in [3.63, 3.8) is 0 Å². The Morgan fingerprint density at radius 3 is 2.50 bits per heavy atom. The van der Waals surface area contributed by atoms with Crippen molar-refractivity contribution in [2.24, 2.45) is 21.7 Å². The Hall–Kier alpha value is -2.73. The second kappa shape index (κ2) is 8.79. The van der Waals surface area contributed by atoms with Crippen molar-refractivity contribution in [2.45, 2.75) is 13.5 Å². The summed E-state index contributed by atoms with van der Waals surface area (Å²) in [7, 11) is 0. The van der Waals surface area contributed by atoms with Crippen LogP contribution in [0.25, 0.3) is 0 Å². The summed E-state index contributed by atoms with van der Waals surface area (Å²) in [6, 6.07) is 13.3. The van der Waals surface area contributed by atoms with E-state index < -0.39 is 0 Å². The second-order valence-electron chi connectivity index (χ2n) is 4.80. The SMILES string of the molecule is CCOc1cc(C=NN=C(N)N)c(Cl)cc1OCc1ccccc1. The van der Waals surface area contributed by atoms with Gasteiger partial charge < -0.3 is 20.9 Å². The summed E-state index contributed by atoms with van der Waals surface area (Å²) in [5, 5.41) is 7.76. The van der Waals surface area contributed by atoms with Crippen LogP contribution in [0.3, 0.4) is 0 Å². The standard InChI is InChI=1S/C17H19ClN4O2/c1-2-23-15-8-13(10-21-22-17(19)20)14(18)9-16(15)24-11-12-6-4-3-5-7-12/h3-10H,2,11H2,1H3,(H4,19,20,22). The zero-order valence-electron chi connectivity index (χ0n) is 13.3. The van der Waals surface area contributed by atoms with E-state index in [1.165, 1.54) is 6.21 Å². The minimum atomic E-state index is -0.129. The summed E-state index contributed by atoms with van der Waals surface area (Å²) in [5.41, 5.74) is 12.1. The van der Waals surface area contributed by atoms with E-state index in [2.05, 4.69) is 10.2 Å². The minimum absolute atomic E-state index is 0.129. The van der Waals surface area contributed by atoms with Crippen molar-refractivity contribution in [3.05, 3.63) is 58.6 Å². The summed E-state index contributed by atoms with van der Waals surface area (Å²) in [6.07, 6.45) is 1.45. The highest BCUT2D eigenvalue weighted by molar-refractivity contribution is 6.33. The molecule has 0 atom stereocenters. The van der Waals surface area contributed by atoms with E-state index in [1.807, 2.05) is 37.3 Å². The second-order valence-corrected chi connectivity index (χ2v) is 5.20. The first-order chi connectivity index (χ1) is 11.6. The molecule has 0 bridgehead atoms. The van der Waals surface area contributed by atoms with E-state index in [0.29, 0.717) is 35.3 Å². The van der Waals surface area contributed by atoms with E-state index in [-0.39, 0.29) is 5.96 Å². The van der Waals surface area contributed by atoms with Gasteiger partial charge in [0.2, 0.25) is 5.96 Å². The van der Waals surface area contributed by atoms with Crippen LogP contribution < -0.4 is 20.9 Å². The van der Waals surface area contributed by atoms with Crippen LogP contribution in [-0.2, 0) is 6.61 Å². The smallest absolute Gasteiger partial charge is 0.211 e. The predicted molar refractivity (Wildman–Crippen MR) is 96.8 cm³/mol. The third-order valence-electron chi connectivity index (χ3n) is 2.97. The van der Waals surface area contributed by atoms with Crippen molar-refractivity contribution in [1.29, 1.82) is 0 Å². The van der Waals surface area contributed by atoms with Gasteiger partial charge in [0.1, 0.15) is 6.61 Å². The first kappa shape index (κ1) is 17.6. The molecule has 0 unspecified atom stereocenters. The molecule has 7 heteroatoms. The van der Waals surface area contributed by atoms with Crippen molar-refractivity contribution in [2.75, 3.05) is 6.61 Å². The molecule has 0 saturated carbocycles. The lowest BCUT2D eigenvalue weighted by molar-refractivity contribution is 0.269.